The third-order valence-corrected chi connectivity index (χ3v) is 6.45. The fourth-order valence-corrected chi connectivity index (χ4v) is 4.63. The van der Waals surface area contributed by atoms with Gasteiger partial charge in [0, 0.05) is 6.54 Å². The summed E-state index contributed by atoms with van der Waals surface area (Å²) in [6, 6.07) is 17.8. The molecule has 1 aliphatic heterocycles. The van der Waals surface area contributed by atoms with E-state index in [4.69, 9.17) is 4.74 Å². The van der Waals surface area contributed by atoms with Gasteiger partial charge in [-0.1, -0.05) is 24.3 Å². The Labute approximate surface area is 192 Å². The van der Waals surface area contributed by atoms with Crippen LogP contribution in [-0.4, -0.2) is 36.2 Å². The van der Waals surface area contributed by atoms with E-state index in [0.29, 0.717) is 23.5 Å². The van der Waals surface area contributed by atoms with Gasteiger partial charge in [-0.25, -0.2) is 13.2 Å². The molecule has 0 unspecified atom stereocenters. The van der Waals surface area contributed by atoms with E-state index in [0.717, 1.165) is 38.9 Å². The molecular weight excluding hydrogens is 427 g/mol. The second-order valence-electron chi connectivity index (χ2n) is 8.55. The summed E-state index contributed by atoms with van der Waals surface area (Å²) in [5.74, 6) is -0.443. The van der Waals surface area contributed by atoms with Crippen molar-refractivity contribution < 1.29 is 23.0 Å². The Balaban J connectivity index is 1.37. The molecule has 33 heavy (non-hydrogen) atoms. The molecule has 0 spiro atoms. The van der Waals surface area contributed by atoms with Crippen molar-refractivity contribution in [1.82, 2.24) is 4.90 Å². The molecule has 0 radical (unpaired) electrons. The lowest BCUT2D eigenvalue weighted by atomic mass is 9.72. The van der Waals surface area contributed by atoms with Gasteiger partial charge >= 0.3 is 0 Å². The van der Waals surface area contributed by atoms with Gasteiger partial charge in [-0.05, 0) is 97.9 Å². The van der Waals surface area contributed by atoms with Crippen molar-refractivity contribution in [3.05, 3.63) is 101 Å². The number of benzene rings is 3. The molecule has 3 nitrogen and oxygen atoms in total. The number of halogens is 3. The summed E-state index contributed by atoms with van der Waals surface area (Å²) in [5.41, 5.74) is -0.0950. The van der Waals surface area contributed by atoms with E-state index in [9.17, 15) is 18.3 Å². The number of aliphatic hydroxyl groups is 1. The summed E-state index contributed by atoms with van der Waals surface area (Å²) in [6.07, 6.45) is 2.34. The van der Waals surface area contributed by atoms with Crippen LogP contribution in [-0.2, 0) is 5.60 Å². The largest absolute Gasteiger partial charge is 0.494 e. The number of likely N-dealkylation sites (tertiary alicyclic amines) is 1. The third kappa shape index (κ3) is 5.57. The smallest absolute Gasteiger partial charge is 0.123 e. The average Bonchev–Trinajstić information content (AvgIpc) is 2.84. The zero-order chi connectivity index (χ0) is 23.3. The zero-order valence-electron chi connectivity index (χ0n) is 18.4. The number of hydrogen-bond acceptors (Lipinski definition) is 3. The Bertz CT molecular complexity index is 969. The molecule has 3 aromatic carbocycles. The van der Waals surface area contributed by atoms with Gasteiger partial charge in [0.25, 0.3) is 0 Å². The van der Waals surface area contributed by atoms with E-state index in [1.54, 1.807) is 36.4 Å². The summed E-state index contributed by atoms with van der Waals surface area (Å²) in [4.78, 5) is 2.33. The van der Waals surface area contributed by atoms with Gasteiger partial charge in [-0.15, -0.1) is 0 Å². The Morgan fingerprint density at radius 2 is 1.21 bits per heavy atom. The monoisotopic (exact) mass is 455 g/mol. The SMILES string of the molecule is OC(c1ccc(F)cc1)(c1ccc(F)cc1)C1CCN(CCCOc2ccc(F)cc2)CC1. The molecule has 1 heterocycles. The summed E-state index contributed by atoms with van der Waals surface area (Å²) in [5, 5.41) is 11.9. The van der Waals surface area contributed by atoms with Gasteiger partial charge < -0.3 is 14.7 Å². The van der Waals surface area contributed by atoms with Crippen LogP contribution >= 0.6 is 0 Å². The first-order valence-corrected chi connectivity index (χ1v) is 11.3. The third-order valence-electron chi connectivity index (χ3n) is 6.45. The fourth-order valence-electron chi connectivity index (χ4n) is 4.63. The Kier molecular flexibility index (Phi) is 7.36. The Morgan fingerprint density at radius 1 is 0.758 bits per heavy atom. The average molecular weight is 456 g/mol. The Morgan fingerprint density at radius 3 is 1.70 bits per heavy atom. The molecule has 174 valence electrons. The van der Waals surface area contributed by atoms with Gasteiger partial charge in [-0.2, -0.15) is 0 Å². The van der Waals surface area contributed by atoms with Crippen LogP contribution in [0.25, 0.3) is 0 Å². The zero-order valence-corrected chi connectivity index (χ0v) is 18.4. The van der Waals surface area contributed by atoms with Gasteiger partial charge in [-0.3, -0.25) is 0 Å². The standard InChI is InChI=1S/C27H28F3NO2/c28-23-6-2-20(3-7-23)27(32,21-4-8-24(29)9-5-21)22-14-17-31(18-15-22)16-1-19-33-26-12-10-25(30)11-13-26/h2-13,22,32H,1,14-19H2. The number of rotatable bonds is 8. The lowest BCUT2D eigenvalue weighted by molar-refractivity contribution is -0.0146. The number of ether oxygens (including phenoxy) is 1. The highest BCUT2D eigenvalue weighted by Gasteiger charge is 2.41. The topological polar surface area (TPSA) is 32.7 Å². The molecule has 0 atom stereocenters. The molecule has 1 aliphatic rings. The molecule has 1 N–H and O–H groups in total. The molecule has 0 amide bonds. The first-order chi connectivity index (χ1) is 15.9. The highest BCUT2D eigenvalue weighted by molar-refractivity contribution is 5.37. The minimum absolute atomic E-state index is 0.0832. The van der Waals surface area contributed by atoms with Crippen LogP contribution < -0.4 is 4.74 Å². The van der Waals surface area contributed by atoms with Crippen molar-refractivity contribution in [2.24, 2.45) is 5.92 Å². The number of piperidine rings is 1. The highest BCUT2D eigenvalue weighted by atomic mass is 19.1. The molecular formula is C27H28F3NO2. The van der Waals surface area contributed by atoms with Crippen LogP contribution in [0.4, 0.5) is 13.2 Å². The van der Waals surface area contributed by atoms with Gasteiger partial charge in [0.2, 0.25) is 0 Å². The summed E-state index contributed by atoms with van der Waals surface area (Å²) in [7, 11) is 0. The number of nitrogens with zero attached hydrogens (tertiary/aromatic N) is 1. The summed E-state index contributed by atoms with van der Waals surface area (Å²) < 4.78 is 45.7. The predicted molar refractivity (Wildman–Crippen MR) is 121 cm³/mol. The minimum atomic E-state index is -1.32. The van der Waals surface area contributed by atoms with Crippen LogP contribution in [0.5, 0.6) is 5.75 Å². The van der Waals surface area contributed by atoms with Crippen molar-refractivity contribution in [3.63, 3.8) is 0 Å². The second-order valence-corrected chi connectivity index (χ2v) is 8.55. The maximum absolute atomic E-state index is 13.5. The van der Waals surface area contributed by atoms with Gasteiger partial charge in [0.05, 0.1) is 6.61 Å². The minimum Gasteiger partial charge on any atom is -0.494 e. The Hall–Kier alpha value is -2.83. The molecule has 1 fully saturated rings. The molecule has 3 aromatic rings. The van der Waals surface area contributed by atoms with E-state index in [1.165, 1.54) is 36.4 Å². The van der Waals surface area contributed by atoms with Crippen molar-refractivity contribution in [1.29, 1.82) is 0 Å². The molecule has 4 rings (SSSR count). The molecule has 0 saturated carbocycles. The van der Waals surface area contributed by atoms with Crippen molar-refractivity contribution in [2.75, 3.05) is 26.2 Å². The van der Waals surface area contributed by atoms with Crippen molar-refractivity contribution >= 4 is 0 Å². The fraction of sp³-hybridized carbons (Fsp3) is 0.333. The van der Waals surface area contributed by atoms with E-state index in [-0.39, 0.29) is 23.4 Å². The maximum atomic E-state index is 13.5. The molecule has 1 saturated heterocycles. The molecule has 0 bridgehead atoms. The quantitative estimate of drug-likeness (QED) is 0.454. The molecule has 6 heteroatoms. The van der Waals surface area contributed by atoms with E-state index < -0.39 is 5.60 Å². The van der Waals surface area contributed by atoms with E-state index in [1.807, 2.05) is 0 Å². The first kappa shape index (κ1) is 23.3. The lowest BCUT2D eigenvalue weighted by Crippen LogP contribution is -2.44. The van der Waals surface area contributed by atoms with Gasteiger partial charge in [0.1, 0.15) is 28.8 Å². The molecule has 0 aromatic heterocycles. The van der Waals surface area contributed by atoms with E-state index in [2.05, 4.69) is 4.90 Å². The van der Waals surface area contributed by atoms with Crippen LogP contribution in [0.1, 0.15) is 30.4 Å². The van der Waals surface area contributed by atoms with Crippen LogP contribution in [0, 0.1) is 23.4 Å². The van der Waals surface area contributed by atoms with Gasteiger partial charge in [0.15, 0.2) is 0 Å². The molecule has 0 aliphatic carbocycles. The summed E-state index contributed by atoms with van der Waals surface area (Å²) >= 11 is 0. The van der Waals surface area contributed by atoms with Crippen molar-refractivity contribution in [2.45, 2.75) is 24.9 Å². The highest BCUT2D eigenvalue weighted by Crippen LogP contribution is 2.42. The predicted octanol–water partition coefficient (Wildman–Crippen LogP) is 5.52. The lowest BCUT2D eigenvalue weighted by Gasteiger charge is -2.42. The summed E-state index contributed by atoms with van der Waals surface area (Å²) in [6.45, 7) is 3.03. The first-order valence-electron chi connectivity index (χ1n) is 11.3. The second kappa shape index (κ2) is 10.4. The van der Waals surface area contributed by atoms with Crippen LogP contribution in [0.2, 0.25) is 0 Å². The number of hydrogen-bond donors (Lipinski definition) is 1. The normalized spacial score (nSPS) is 15.5. The maximum Gasteiger partial charge on any atom is 0.123 e. The van der Waals surface area contributed by atoms with Crippen LogP contribution in [0.3, 0.4) is 0 Å². The van der Waals surface area contributed by atoms with Crippen LogP contribution in [0.15, 0.2) is 72.8 Å². The van der Waals surface area contributed by atoms with E-state index >= 15 is 0 Å². The van der Waals surface area contributed by atoms with Crippen molar-refractivity contribution in [3.8, 4) is 5.75 Å².